The van der Waals surface area contributed by atoms with Crippen molar-refractivity contribution >= 4 is 17.5 Å². The van der Waals surface area contributed by atoms with Gasteiger partial charge in [-0.3, -0.25) is 9.89 Å². The molecule has 8 nitrogen and oxygen atoms in total. The summed E-state index contributed by atoms with van der Waals surface area (Å²) < 4.78 is 1.51. The maximum Gasteiger partial charge on any atom is 0.352 e. The van der Waals surface area contributed by atoms with E-state index in [0.717, 1.165) is 17.2 Å². The number of benzene rings is 1. The van der Waals surface area contributed by atoms with Gasteiger partial charge in [0.15, 0.2) is 5.82 Å². The minimum Gasteiger partial charge on any atom is -0.507 e. The van der Waals surface area contributed by atoms with E-state index in [2.05, 4.69) is 15.2 Å². The van der Waals surface area contributed by atoms with Crippen LogP contribution in [0.4, 0.5) is 0 Å². The van der Waals surface area contributed by atoms with Crippen LogP contribution < -0.4 is 0 Å². The molecule has 0 saturated carbocycles. The molecule has 0 aliphatic heterocycles. The highest BCUT2D eigenvalue weighted by Gasteiger charge is 2.16. The van der Waals surface area contributed by atoms with Crippen LogP contribution in [0.25, 0.3) is 5.76 Å². The number of hydrogen-bond acceptors (Lipinski definition) is 5. The van der Waals surface area contributed by atoms with Crippen LogP contribution in [-0.2, 0) is 6.54 Å². The molecule has 3 aromatic rings. The zero-order chi connectivity index (χ0) is 18.7. The molecule has 26 heavy (non-hydrogen) atoms. The molecule has 0 atom stereocenters. The molecule has 0 aliphatic rings. The van der Waals surface area contributed by atoms with Crippen LogP contribution in [0.2, 0.25) is 0 Å². The number of aromatic amines is 1. The van der Waals surface area contributed by atoms with Crippen LogP contribution in [0.15, 0.2) is 48.9 Å². The summed E-state index contributed by atoms with van der Waals surface area (Å²) in [6.07, 6.45) is 3.64. The van der Waals surface area contributed by atoms with Crippen molar-refractivity contribution in [2.75, 3.05) is 0 Å². The van der Waals surface area contributed by atoms with Gasteiger partial charge in [0, 0.05) is 24.4 Å². The minimum atomic E-state index is -1.13. The third-order valence-electron chi connectivity index (χ3n) is 3.80. The van der Waals surface area contributed by atoms with Gasteiger partial charge >= 0.3 is 5.97 Å². The SMILES string of the molecule is Cc1ccc(Cn2cc(C(O)=CC(=O)c3ncn[nH]3)cc2C(=O)O)cc1. The number of aliphatic hydroxyl groups excluding tert-OH is 1. The van der Waals surface area contributed by atoms with Gasteiger partial charge in [-0.25, -0.2) is 9.78 Å². The number of aromatic nitrogens is 4. The first-order chi connectivity index (χ1) is 12.4. The molecule has 2 heterocycles. The van der Waals surface area contributed by atoms with E-state index in [9.17, 15) is 19.8 Å². The summed E-state index contributed by atoms with van der Waals surface area (Å²) in [7, 11) is 0. The molecule has 0 amide bonds. The summed E-state index contributed by atoms with van der Waals surface area (Å²) in [5.74, 6) is -2.06. The average molecular weight is 352 g/mol. The third-order valence-corrected chi connectivity index (χ3v) is 3.80. The standard InChI is InChI=1S/C18H16N4O4/c1-11-2-4-12(5-3-11)8-22-9-13(6-14(22)18(25)26)15(23)7-16(24)17-19-10-20-21-17/h2-7,9-10,23H,8H2,1H3,(H,25,26)(H,19,20,21). The van der Waals surface area contributed by atoms with Crippen molar-refractivity contribution in [3.63, 3.8) is 0 Å². The number of ketones is 1. The van der Waals surface area contributed by atoms with E-state index in [1.165, 1.54) is 23.2 Å². The lowest BCUT2D eigenvalue weighted by molar-refractivity contribution is 0.0685. The Bertz CT molecular complexity index is 969. The van der Waals surface area contributed by atoms with Crippen LogP contribution in [0.5, 0.6) is 0 Å². The van der Waals surface area contributed by atoms with Gasteiger partial charge in [-0.05, 0) is 18.6 Å². The molecular weight excluding hydrogens is 336 g/mol. The number of rotatable bonds is 6. The van der Waals surface area contributed by atoms with Crippen molar-refractivity contribution < 1.29 is 19.8 Å². The predicted octanol–water partition coefficient (Wildman–Crippen LogP) is 2.44. The molecule has 0 radical (unpaired) electrons. The number of nitrogens with zero attached hydrogens (tertiary/aromatic N) is 3. The lowest BCUT2D eigenvalue weighted by Crippen LogP contribution is -2.08. The maximum atomic E-state index is 11.9. The quantitative estimate of drug-likeness (QED) is 0.356. The highest BCUT2D eigenvalue weighted by atomic mass is 16.4. The second kappa shape index (κ2) is 7.06. The van der Waals surface area contributed by atoms with E-state index in [-0.39, 0.29) is 22.8 Å². The zero-order valence-electron chi connectivity index (χ0n) is 13.9. The van der Waals surface area contributed by atoms with Crippen molar-refractivity contribution in [3.8, 4) is 0 Å². The van der Waals surface area contributed by atoms with Gasteiger partial charge in [-0.2, -0.15) is 5.10 Å². The van der Waals surface area contributed by atoms with Gasteiger partial charge in [0.25, 0.3) is 0 Å². The summed E-state index contributed by atoms with van der Waals surface area (Å²) in [6.45, 7) is 2.29. The Morgan fingerprint density at radius 1 is 1.23 bits per heavy atom. The smallest absolute Gasteiger partial charge is 0.352 e. The van der Waals surface area contributed by atoms with Gasteiger partial charge in [-0.15, -0.1) is 0 Å². The molecule has 8 heteroatoms. The van der Waals surface area contributed by atoms with Crippen molar-refractivity contribution in [2.45, 2.75) is 13.5 Å². The third kappa shape index (κ3) is 3.69. The van der Waals surface area contributed by atoms with Crippen LogP contribution in [0.1, 0.15) is 37.8 Å². The van der Waals surface area contributed by atoms with E-state index in [0.29, 0.717) is 6.54 Å². The Morgan fingerprint density at radius 2 is 1.96 bits per heavy atom. The van der Waals surface area contributed by atoms with Gasteiger partial charge in [0.05, 0.1) is 0 Å². The molecule has 3 N–H and O–H groups in total. The van der Waals surface area contributed by atoms with E-state index in [1.807, 2.05) is 31.2 Å². The fourth-order valence-electron chi connectivity index (χ4n) is 2.45. The van der Waals surface area contributed by atoms with Crippen molar-refractivity contribution in [1.29, 1.82) is 0 Å². The number of aryl methyl sites for hydroxylation is 1. The monoisotopic (exact) mass is 352 g/mol. The first-order valence-corrected chi connectivity index (χ1v) is 7.74. The number of aromatic carboxylic acids is 1. The number of H-pyrrole nitrogens is 1. The number of carbonyl (C=O) groups excluding carboxylic acids is 1. The normalized spacial score (nSPS) is 11.5. The summed E-state index contributed by atoms with van der Waals surface area (Å²) in [5, 5.41) is 25.6. The van der Waals surface area contributed by atoms with Crippen molar-refractivity contribution in [1.82, 2.24) is 19.7 Å². The van der Waals surface area contributed by atoms with Gasteiger partial charge in [0.2, 0.25) is 5.78 Å². The minimum absolute atomic E-state index is 0.00707. The second-order valence-corrected chi connectivity index (χ2v) is 5.76. The lowest BCUT2D eigenvalue weighted by Gasteiger charge is -2.06. The molecule has 0 fully saturated rings. The first-order valence-electron chi connectivity index (χ1n) is 7.74. The Balaban J connectivity index is 1.90. The van der Waals surface area contributed by atoms with E-state index < -0.39 is 11.8 Å². The summed E-state index contributed by atoms with van der Waals surface area (Å²) >= 11 is 0. The highest BCUT2D eigenvalue weighted by molar-refractivity contribution is 6.05. The summed E-state index contributed by atoms with van der Waals surface area (Å²) in [5.41, 5.74) is 2.25. The Kier molecular flexibility index (Phi) is 4.66. The molecule has 0 unspecified atom stereocenters. The van der Waals surface area contributed by atoms with Crippen LogP contribution >= 0.6 is 0 Å². The Morgan fingerprint density at radius 3 is 2.58 bits per heavy atom. The summed E-state index contributed by atoms with van der Waals surface area (Å²) in [4.78, 5) is 27.1. The fraction of sp³-hybridized carbons (Fsp3) is 0.111. The fourth-order valence-corrected chi connectivity index (χ4v) is 2.45. The molecule has 0 spiro atoms. The van der Waals surface area contributed by atoms with Crippen LogP contribution in [0.3, 0.4) is 0 Å². The van der Waals surface area contributed by atoms with E-state index in [1.54, 1.807) is 0 Å². The maximum absolute atomic E-state index is 11.9. The lowest BCUT2D eigenvalue weighted by atomic mass is 10.1. The topological polar surface area (TPSA) is 121 Å². The van der Waals surface area contributed by atoms with Crippen LogP contribution in [0, 0.1) is 6.92 Å². The number of carboxylic acid groups (broad SMARTS) is 1. The van der Waals surface area contributed by atoms with Crippen molar-refractivity contribution in [3.05, 3.63) is 77.1 Å². The average Bonchev–Trinajstić information content (AvgIpc) is 3.26. The molecule has 0 saturated heterocycles. The number of nitrogens with one attached hydrogen (secondary N) is 1. The predicted molar refractivity (Wildman–Crippen MR) is 93.0 cm³/mol. The largest absolute Gasteiger partial charge is 0.507 e. The number of allylic oxidation sites excluding steroid dienone is 1. The van der Waals surface area contributed by atoms with Crippen LogP contribution in [-0.4, -0.2) is 41.7 Å². The van der Waals surface area contributed by atoms with Crippen molar-refractivity contribution in [2.24, 2.45) is 0 Å². The molecule has 0 aliphatic carbocycles. The number of carbonyl (C=O) groups is 2. The molecule has 2 aromatic heterocycles. The zero-order valence-corrected chi connectivity index (χ0v) is 13.9. The Hall–Kier alpha value is -3.68. The first kappa shape index (κ1) is 17.2. The number of aliphatic hydroxyl groups is 1. The molecule has 1 aromatic carbocycles. The van der Waals surface area contributed by atoms with Gasteiger partial charge in [0.1, 0.15) is 17.8 Å². The summed E-state index contributed by atoms with van der Waals surface area (Å²) in [6, 6.07) is 9.00. The molecule has 3 rings (SSSR count). The van der Waals surface area contributed by atoms with Gasteiger partial charge in [-0.1, -0.05) is 29.8 Å². The van der Waals surface area contributed by atoms with Gasteiger partial charge < -0.3 is 14.8 Å². The van der Waals surface area contributed by atoms with E-state index >= 15 is 0 Å². The number of hydrogen-bond donors (Lipinski definition) is 3. The van der Waals surface area contributed by atoms with E-state index in [4.69, 9.17) is 0 Å². The Labute approximate surface area is 148 Å². The highest BCUT2D eigenvalue weighted by Crippen LogP contribution is 2.18. The molecule has 0 bridgehead atoms. The second-order valence-electron chi connectivity index (χ2n) is 5.76. The number of carboxylic acids is 1. The molecular formula is C18H16N4O4. The molecule has 132 valence electrons.